The lowest BCUT2D eigenvalue weighted by Crippen LogP contribution is -2.34. The molecule has 0 aliphatic carbocycles. The fraction of sp³-hybridized carbons (Fsp3) is 0.261. The molecule has 3 aromatic heterocycles. The molecule has 0 aliphatic heterocycles. The first kappa shape index (κ1) is 22.8. The molecule has 9 heteroatoms. The molecular formula is C23H28N8O. The molecule has 0 aromatic carbocycles. The van der Waals surface area contributed by atoms with Crippen molar-refractivity contribution in [3.63, 3.8) is 0 Å². The Morgan fingerprint density at radius 1 is 1.16 bits per heavy atom. The zero-order valence-electron chi connectivity index (χ0n) is 18.5. The molecule has 1 atom stereocenters. The van der Waals surface area contributed by atoms with Crippen LogP contribution in [-0.4, -0.2) is 52.7 Å². The first-order valence-electron chi connectivity index (χ1n) is 10.3. The quantitative estimate of drug-likeness (QED) is 0.383. The standard InChI is InChI=1S/C23H28N8O/c1-16-12-18(7-10-25-16)28-21-15-27-22(13-17(21)14-24)30-23(32)29-20(8-11-31(2)3)19-6-4-5-9-26-19/h4-7,9-10,12-15,20,24H,8,11H2,1-3H3,(H,25,28)(H2,27,29,30,32). The lowest BCUT2D eigenvalue weighted by molar-refractivity contribution is 0.246. The third-order valence-electron chi connectivity index (χ3n) is 4.72. The van der Waals surface area contributed by atoms with Gasteiger partial charge in [0.25, 0.3) is 0 Å². The maximum Gasteiger partial charge on any atom is 0.320 e. The van der Waals surface area contributed by atoms with E-state index < -0.39 is 0 Å². The molecule has 0 spiro atoms. The van der Waals surface area contributed by atoms with Gasteiger partial charge in [-0.25, -0.2) is 9.78 Å². The summed E-state index contributed by atoms with van der Waals surface area (Å²) < 4.78 is 0. The third-order valence-corrected chi connectivity index (χ3v) is 4.72. The van der Waals surface area contributed by atoms with Crippen molar-refractivity contribution in [3.05, 3.63) is 71.9 Å². The Balaban J connectivity index is 1.69. The van der Waals surface area contributed by atoms with E-state index in [0.717, 1.165) is 23.6 Å². The number of pyridine rings is 3. The number of carbonyl (C=O) groups is 1. The van der Waals surface area contributed by atoms with Crippen LogP contribution in [-0.2, 0) is 0 Å². The van der Waals surface area contributed by atoms with Crippen molar-refractivity contribution in [1.82, 2.24) is 25.2 Å². The lowest BCUT2D eigenvalue weighted by atomic mass is 10.1. The van der Waals surface area contributed by atoms with Crippen LogP contribution in [0, 0.1) is 12.3 Å². The van der Waals surface area contributed by atoms with Crippen LogP contribution in [0.5, 0.6) is 0 Å². The predicted octanol–water partition coefficient (Wildman–Crippen LogP) is 3.74. The van der Waals surface area contributed by atoms with E-state index in [1.165, 1.54) is 6.21 Å². The molecule has 0 saturated carbocycles. The van der Waals surface area contributed by atoms with Gasteiger partial charge < -0.3 is 20.9 Å². The minimum atomic E-state index is -0.381. The fourth-order valence-corrected chi connectivity index (χ4v) is 3.12. The van der Waals surface area contributed by atoms with E-state index in [0.29, 0.717) is 23.5 Å². The van der Waals surface area contributed by atoms with E-state index in [1.54, 1.807) is 24.7 Å². The fourth-order valence-electron chi connectivity index (χ4n) is 3.12. The Morgan fingerprint density at radius 2 is 2.00 bits per heavy atom. The van der Waals surface area contributed by atoms with E-state index in [-0.39, 0.29) is 12.1 Å². The van der Waals surface area contributed by atoms with Crippen LogP contribution in [0.4, 0.5) is 22.0 Å². The number of carbonyl (C=O) groups excluding carboxylic acids is 1. The zero-order valence-corrected chi connectivity index (χ0v) is 18.5. The molecule has 9 nitrogen and oxygen atoms in total. The molecular weight excluding hydrogens is 404 g/mol. The van der Waals surface area contributed by atoms with Crippen molar-refractivity contribution in [2.24, 2.45) is 0 Å². The zero-order chi connectivity index (χ0) is 22.9. The Morgan fingerprint density at radius 3 is 2.69 bits per heavy atom. The number of nitrogens with zero attached hydrogens (tertiary/aromatic N) is 4. The van der Waals surface area contributed by atoms with E-state index in [4.69, 9.17) is 5.41 Å². The number of nitrogens with one attached hydrogen (secondary N) is 4. The number of hydrogen-bond acceptors (Lipinski definition) is 7. The maximum atomic E-state index is 12.7. The van der Waals surface area contributed by atoms with Crippen LogP contribution in [0.3, 0.4) is 0 Å². The van der Waals surface area contributed by atoms with Crippen LogP contribution in [0.1, 0.15) is 29.4 Å². The second-order valence-corrected chi connectivity index (χ2v) is 7.61. The topological polar surface area (TPSA) is 119 Å². The largest absolute Gasteiger partial charge is 0.354 e. The molecule has 4 N–H and O–H groups in total. The molecule has 3 rings (SSSR count). The number of aromatic nitrogens is 3. The van der Waals surface area contributed by atoms with Crippen LogP contribution in [0.2, 0.25) is 0 Å². The number of aryl methyl sites for hydroxylation is 1. The number of urea groups is 1. The monoisotopic (exact) mass is 432 g/mol. The summed E-state index contributed by atoms with van der Waals surface area (Å²) in [7, 11) is 3.97. The predicted molar refractivity (Wildman–Crippen MR) is 127 cm³/mol. The molecule has 0 radical (unpaired) electrons. The second-order valence-electron chi connectivity index (χ2n) is 7.61. The third kappa shape index (κ3) is 6.58. The van der Waals surface area contributed by atoms with E-state index >= 15 is 0 Å². The summed E-state index contributed by atoms with van der Waals surface area (Å²) in [5, 5.41) is 16.7. The smallest absolute Gasteiger partial charge is 0.320 e. The summed E-state index contributed by atoms with van der Waals surface area (Å²) in [6.45, 7) is 2.70. The summed E-state index contributed by atoms with van der Waals surface area (Å²) >= 11 is 0. The normalized spacial score (nSPS) is 11.6. The number of anilines is 3. The summed E-state index contributed by atoms with van der Waals surface area (Å²) in [6, 6.07) is 10.4. The van der Waals surface area contributed by atoms with Crippen molar-refractivity contribution in [2.75, 3.05) is 31.3 Å². The molecule has 3 aromatic rings. The molecule has 0 saturated heterocycles. The lowest BCUT2D eigenvalue weighted by Gasteiger charge is -2.20. The molecule has 0 aliphatic rings. The minimum absolute atomic E-state index is 0.239. The van der Waals surface area contributed by atoms with Crippen LogP contribution in [0.15, 0.2) is 55.0 Å². The Hall–Kier alpha value is -3.85. The Bertz CT molecular complexity index is 1050. The van der Waals surface area contributed by atoms with Crippen molar-refractivity contribution < 1.29 is 4.79 Å². The van der Waals surface area contributed by atoms with Gasteiger partial charge in [-0.3, -0.25) is 15.3 Å². The number of amides is 2. The molecule has 3 heterocycles. The van der Waals surface area contributed by atoms with Crippen LogP contribution < -0.4 is 16.0 Å². The van der Waals surface area contributed by atoms with E-state index in [9.17, 15) is 4.79 Å². The van der Waals surface area contributed by atoms with Gasteiger partial charge in [-0.1, -0.05) is 6.07 Å². The highest BCUT2D eigenvalue weighted by atomic mass is 16.2. The van der Waals surface area contributed by atoms with Gasteiger partial charge in [-0.05, 0) is 64.3 Å². The van der Waals surface area contributed by atoms with Crippen molar-refractivity contribution in [3.8, 4) is 0 Å². The van der Waals surface area contributed by atoms with E-state index in [1.807, 2.05) is 51.4 Å². The first-order valence-corrected chi connectivity index (χ1v) is 10.3. The van der Waals surface area contributed by atoms with Gasteiger partial charge in [0.2, 0.25) is 0 Å². The average molecular weight is 433 g/mol. The molecule has 0 bridgehead atoms. The van der Waals surface area contributed by atoms with Gasteiger partial charge in [0.05, 0.1) is 23.6 Å². The van der Waals surface area contributed by atoms with Gasteiger partial charge in [0.1, 0.15) is 5.82 Å². The second kappa shape index (κ2) is 11.0. The highest BCUT2D eigenvalue weighted by Crippen LogP contribution is 2.22. The van der Waals surface area contributed by atoms with Gasteiger partial charge in [-0.2, -0.15) is 0 Å². The number of hydrogen-bond donors (Lipinski definition) is 4. The van der Waals surface area contributed by atoms with Gasteiger partial charge in [-0.15, -0.1) is 0 Å². The minimum Gasteiger partial charge on any atom is -0.354 e. The molecule has 0 fully saturated rings. The molecule has 1 unspecified atom stereocenters. The first-order chi connectivity index (χ1) is 15.4. The highest BCUT2D eigenvalue weighted by molar-refractivity contribution is 5.92. The average Bonchev–Trinajstić information content (AvgIpc) is 2.78. The molecule has 2 amide bonds. The van der Waals surface area contributed by atoms with Gasteiger partial charge in [0.15, 0.2) is 0 Å². The Labute approximate surface area is 187 Å². The molecule has 32 heavy (non-hydrogen) atoms. The van der Waals surface area contributed by atoms with E-state index in [2.05, 4.69) is 35.8 Å². The summed E-state index contributed by atoms with van der Waals surface area (Å²) in [4.78, 5) is 27.6. The van der Waals surface area contributed by atoms with Crippen molar-refractivity contribution in [1.29, 1.82) is 5.41 Å². The van der Waals surface area contributed by atoms with Gasteiger partial charge >= 0.3 is 6.03 Å². The SMILES string of the molecule is Cc1cc(Nc2cnc(NC(=O)NC(CCN(C)C)c3ccccn3)cc2C=N)ccn1. The van der Waals surface area contributed by atoms with Crippen molar-refractivity contribution >= 4 is 29.4 Å². The summed E-state index contributed by atoms with van der Waals surface area (Å²) in [5.74, 6) is 0.352. The van der Waals surface area contributed by atoms with Crippen LogP contribution in [0.25, 0.3) is 0 Å². The Kier molecular flexibility index (Phi) is 7.82. The number of rotatable bonds is 9. The van der Waals surface area contributed by atoms with Gasteiger partial charge in [0, 0.05) is 35.6 Å². The van der Waals surface area contributed by atoms with Crippen molar-refractivity contribution in [2.45, 2.75) is 19.4 Å². The molecule has 166 valence electrons. The summed E-state index contributed by atoms with van der Waals surface area (Å²) in [6.07, 6.45) is 6.95. The highest BCUT2D eigenvalue weighted by Gasteiger charge is 2.17. The van der Waals surface area contributed by atoms with Crippen LogP contribution >= 0.6 is 0 Å². The summed E-state index contributed by atoms with van der Waals surface area (Å²) in [5.41, 5.74) is 3.78. The maximum absolute atomic E-state index is 12.7.